The van der Waals surface area contributed by atoms with Gasteiger partial charge in [-0.1, -0.05) is 109 Å². The van der Waals surface area contributed by atoms with Crippen molar-refractivity contribution in [3.8, 4) is 46.1 Å². The molecule has 2 unspecified atom stereocenters. The van der Waals surface area contributed by atoms with Gasteiger partial charge in [0.2, 0.25) is 0 Å². The SMILES string of the molecule is N#CC1=CC2c3ccccc3N(c3ccccc3-c3cccc(-c4ccc(C#N)c(-n5c6ccccc6c6ccccc65)c4C#N)c3)C2C=C1. The van der Waals surface area contributed by atoms with Gasteiger partial charge in [0, 0.05) is 44.8 Å². The lowest BCUT2D eigenvalue weighted by Gasteiger charge is -2.31. The Kier molecular flexibility index (Phi) is 6.70. The fraction of sp³-hybridized carbons (Fsp3) is 0.0444. The maximum atomic E-state index is 10.8. The zero-order valence-electron chi connectivity index (χ0n) is 26.8. The van der Waals surface area contributed by atoms with Gasteiger partial charge in [0.05, 0.1) is 40.0 Å². The van der Waals surface area contributed by atoms with Crippen molar-refractivity contribution in [1.82, 2.24) is 4.57 Å². The fourth-order valence-electron chi connectivity index (χ4n) is 7.92. The molecule has 1 aromatic heterocycles. The second-order valence-electron chi connectivity index (χ2n) is 12.6. The van der Waals surface area contributed by atoms with Crippen LogP contribution in [0.4, 0.5) is 11.4 Å². The third-order valence-corrected chi connectivity index (χ3v) is 10.0. The third-order valence-electron chi connectivity index (χ3n) is 10.0. The second kappa shape index (κ2) is 11.5. The highest BCUT2D eigenvalue weighted by atomic mass is 15.2. The molecular weight excluding hydrogens is 611 g/mol. The van der Waals surface area contributed by atoms with Crippen LogP contribution in [0, 0.1) is 34.0 Å². The van der Waals surface area contributed by atoms with E-state index < -0.39 is 0 Å². The van der Waals surface area contributed by atoms with Crippen molar-refractivity contribution in [2.24, 2.45) is 0 Å². The molecule has 6 aromatic carbocycles. The van der Waals surface area contributed by atoms with Crippen LogP contribution >= 0.6 is 0 Å². The molecule has 5 heteroatoms. The van der Waals surface area contributed by atoms with Gasteiger partial charge in [-0.25, -0.2) is 0 Å². The van der Waals surface area contributed by atoms with Crippen molar-refractivity contribution in [1.29, 1.82) is 15.8 Å². The van der Waals surface area contributed by atoms with E-state index in [0.717, 1.165) is 55.4 Å². The van der Waals surface area contributed by atoms with Gasteiger partial charge in [-0.05, 0) is 59.2 Å². The zero-order valence-corrected chi connectivity index (χ0v) is 26.8. The van der Waals surface area contributed by atoms with Crippen LogP contribution in [-0.2, 0) is 0 Å². The Balaban J connectivity index is 1.21. The Bertz CT molecular complexity index is 2670. The molecule has 0 saturated carbocycles. The van der Waals surface area contributed by atoms with E-state index in [4.69, 9.17) is 0 Å². The Morgan fingerprint density at radius 3 is 1.94 bits per heavy atom. The Morgan fingerprint density at radius 1 is 0.560 bits per heavy atom. The van der Waals surface area contributed by atoms with Gasteiger partial charge >= 0.3 is 0 Å². The Hall–Kier alpha value is -7.13. The predicted octanol–water partition coefficient (Wildman–Crippen LogP) is 10.5. The van der Waals surface area contributed by atoms with Gasteiger partial charge < -0.3 is 9.47 Å². The van der Waals surface area contributed by atoms with E-state index in [9.17, 15) is 15.8 Å². The molecule has 0 N–H and O–H groups in total. The maximum Gasteiger partial charge on any atom is 0.102 e. The summed E-state index contributed by atoms with van der Waals surface area (Å²) in [6, 6.07) is 52.4. The highest BCUT2D eigenvalue weighted by Gasteiger charge is 2.39. The van der Waals surface area contributed by atoms with Crippen molar-refractivity contribution in [3.05, 3.63) is 174 Å². The van der Waals surface area contributed by atoms with Crippen LogP contribution in [0.5, 0.6) is 0 Å². The van der Waals surface area contributed by atoms with E-state index in [1.54, 1.807) is 0 Å². The van der Waals surface area contributed by atoms with Gasteiger partial charge in [-0.2, -0.15) is 15.8 Å². The minimum atomic E-state index is 0.0336. The van der Waals surface area contributed by atoms with E-state index in [1.165, 1.54) is 5.56 Å². The Morgan fingerprint density at radius 2 is 1.22 bits per heavy atom. The highest BCUT2D eigenvalue weighted by Crippen LogP contribution is 2.50. The average molecular weight is 638 g/mol. The molecule has 9 rings (SSSR count). The molecule has 2 aliphatic rings. The molecule has 0 spiro atoms. The number of para-hydroxylation sites is 4. The third kappa shape index (κ3) is 4.30. The van der Waals surface area contributed by atoms with E-state index in [1.807, 2.05) is 66.7 Å². The predicted molar refractivity (Wildman–Crippen MR) is 199 cm³/mol. The van der Waals surface area contributed by atoms with Crippen molar-refractivity contribution < 1.29 is 0 Å². The first-order valence-corrected chi connectivity index (χ1v) is 16.5. The van der Waals surface area contributed by atoms with Crippen molar-refractivity contribution in [2.45, 2.75) is 12.0 Å². The van der Waals surface area contributed by atoms with E-state index >= 15 is 0 Å². The molecule has 0 bridgehead atoms. The first-order chi connectivity index (χ1) is 24.7. The average Bonchev–Trinajstić information content (AvgIpc) is 3.69. The summed E-state index contributed by atoms with van der Waals surface area (Å²) in [6.07, 6.45) is 6.14. The standard InChI is InChI=1S/C45H27N5/c46-26-29-20-23-44-38(24-29)37-15-4-6-17-41(37)49(44)40-16-5-1-12-34(40)31-11-9-10-30(25-31)33-22-21-32(27-47)45(39(33)28-48)50-42-18-7-2-13-35(42)36-14-3-8-19-43(36)50/h1-25,38,44H. The minimum Gasteiger partial charge on any atom is -0.333 e. The molecule has 1 aliphatic heterocycles. The van der Waals surface area contributed by atoms with Crippen LogP contribution < -0.4 is 4.90 Å². The number of nitriles is 3. The number of rotatable bonds is 4. The monoisotopic (exact) mass is 637 g/mol. The van der Waals surface area contributed by atoms with E-state index in [-0.39, 0.29) is 12.0 Å². The molecule has 50 heavy (non-hydrogen) atoms. The molecule has 2 atom stereocenters. The van der Waals surface area contributed by atoms with Gasteiger partial charge in [0.1, 0.15) is 12.1 Å². The van der Waals surface area contributed by atoms with Crippen LogP contribution in [0.1, 0.15) is 22.6 Å². The summed E-state index contributed by atoms with van der Waals surface area (Å²) in [5.41, 5.74) is 11.2. The summed E-state index contributed by atoms with van der Waals surface area (Å²) in [4.78, 5) is 2.38. The summed E-state index contributed by atoms with van der Waals surface area (Å²) in [5.74, 6) is 0.0707. The van der Waals surface area contributed by atoms with Crippen LogP contribution in [0.3, 0.4) is 0 Å². The number of hydrogen-bond acceptors (Lipinski definition) is 4. The number of allylic oxidation sites excluding steroid dienone is 2. The number of fused-ring (bicyclic) bond motifs is 6. The lowest BCUT2D eigenvalue weighted by atomic mass is 9.88. The summed E-state index contributed by atoms with van der Waals surface area (Å²) in [6.45, 7) is 0. The minimum absolute atomic E-state index is 0.0336. The van der Waals surface area contributed by atoms with Crippen molar-refractivity contribution in [3.63, 3.8) is 0 Å². The van der Waals surface area contributed by atoms with Gasteiger partial charge in [0.25, 0.3) is 0 Å². The number of hydrogen-bond donors (Lipinski definition) is 0. The number of nitrogens with zero attached hydrogens (tertiary/aromatic N) is 5. The van der Waals surface area contributed by atoms with Crippen LogP contribution in [0.2, 0.25) is 0 Å². The molecule has 1 aliphatic carbocycles. The normalized spacial score (nSPS) is 15.9. The van der Waals surface area contributed by atoms with Crippen molar-refractivity contribution in [2.75, 3.05) is 4.90 Å². The number of benzene rings is 6. The molecule has 0 amide bonds. The van der Waals surface area contributed by atoms with Crippen LogP contribution in [0.15, 0.2) is 157 Å². The van der Waals surface area contributed by atoms with Gasteiger partial charge in [0.15, 0.2) is 0 Å². The molecule has 2 heterocycles. The summed E-state index contributed by atoms with van der Waals surface area (Å²) in [7, 11) is 0. The topological polar surface area (TPSA) is 79.5 Å². The summed E-state index contributed by atoms with van der Waals surface area (Å²) in [5, 5.41) is 33.0. The molecular formula is C45H27N5. The lowest BCUT2D eigenvalue weighted by molar-refractivity contribution is 0.742. The molecule has 232 valence electrons. The fourth-order valence-corrected chi connectivity index (χ4v) is 7.92. The van der Waals surface area contributed by atoms with Crippen LogP contribution in [0.25, 0.3) is 49.7 Å². The van der Waals surface area contributed by atoms with E-state index in [2.05, 4.69) is 113 Å². The molecule has 7 aromatic rings. The maximum absolute atomic E-state index is 10.8. The quantitative estimate of drug-likeness (QED) is 0.192. The molecule has 0 saturated heterocycles. The summed E-state index contributed by atoms with van der Waals surface area (Å²) >= 11 is 0. The lowest BCUT2D eigenvalue weighted by Crippen LogP contribution is -2.29. The van der Waals surface area contributed by atoms with Gasteiger partial charge in [-0.3, -0.25) is 0 Å². The first-order valence-electron chi connectivity index (χ1n) is 16.5. The van der Waals surface area contributed by atoms with E-state index in [0.29, 0.717) is 22.4 Å². The second-order valence-corrected chi connectivity index (χ2v) is 12.6. The molecule has 0 radical (unpaired) electrons. The summed E-state index contributed by atoms with van der Waals surface area (Å²) < 4.78 is 2.07. The zero-order chi connectivity index (χ0) is 33.8. The largest absolute Gasteiger partial charge is 0.333 e. The van der Waals surface area contributed by atoms with Gasteiger partial charge in [-0.15, -0.1) is 0 Å². The number of anilines is 2. The molecule has 5 nitrogen and oxygen atoms in total. The number of aromatic nitrogens is 1. The Labute approximate surface area is 289 Å². The van der Waals surface area contributed by atoms with Crippen molar-refractivity contribution >= 4 is 33.2 Å². The molecule has 0 fully saturated rings. The smallest absolute Gasteiger partial charge is 0.102 e. The highest BCUT2D eigenvalue weighted by molar-refractivity contribution is 6.09. The van der Waals surface area contributed by atoms with Crippen LogP contribution in [-0.4, -0.2) is 10.6 Å². The first kappa shape index (κ1) is 29.0.